The first kappa shape index (κ1) is 22.1. The summed E-state index contributed by atoms with van der Waals surface area (Å²) in [6.45, 7) is 5.14. The predicted octanol–water partition coefficient (Wildman–Crippen LogP) is 4.66. The van der Waals surface area contributed by atoms with Crippen molar-refractivity contribution in [3.63, 3.8) is 0 Å². The van der Waals surface area contributed by atoms with Crippen molar-refractivity contribution in [2.24, 2.45) is 0 Å². The maximum Gasteiger partial charge on any atom is 0.250 e. The molecule has 0 saturated carbocycles. The zero-order valence-corrected chi connectivity index (χ0v) is 20.6. The molecule has 1 aromatic heterocycles. The minimum absolute atomic E-state index is 0.0709. The number of fused-ring (bicyclic) bond motifs is 2. The fraction of sp³-hybridized carbons (Fsp3) is 0.346. The molecule has 8 heteroatoms. The van der Waals surface area contributed by atoms with Crippen LogP contribution in [0.4, 0.5) is 11.4 Å². The SMILES string of the molecule is O=c1cc(N2CCOCC2)cc(-c2cccc3c2Sc2ccc(NC4CCCNC4)cc2S3)[nH]1. The molecule has 6 rings (SSSR count). The molecule has 4 heterocycles. The fourth-order valence-electron chi connectivity index (χ4n) is 4.79. The summed E-state index contributed by atoms with van der Waals surface area (Å²) >= 11 is 3.60. The highest BCUT2D eigenvalue weighted by molar-refractivity contribution is 8.05. The smallest absolute Gasteiger partial charge is 0.250 e. The van der Waals surface area contributed by atoms with Gasteiger partial charge in [-0.3, -0.25) is 4.79 Å². The van der Waals surface area contributed by atoms with Crippen LogP contribution in [0.5, 0.6) is 0 Å². The topological polar surface area (TPSA) is 69.4 Å². The van der Waals surface area contributed by atoms with Gasteiger partial charge in [0.05, 0.1) is 18.9 Å². The Morgan fingerprint density at radius 3 is 2.76 bits per heavy atom. The van der Waals surface area contributed by atoms with Crippen molar-refractivity contribution in [3.8, 4) is 11.3 Å². The predicted molar refractivity (Wildman–Crippen MR) is 140 cm³/mol. The van der Waals surface area contributed by atoms with Crippen molar-refractivity contribution in [1.29, 1.82) is 0 Å². The summed E-state index contributed by atoms with van der Waals surface area (Å²) in [4.78, 5) is 22.8. The number of benzene rings is 2. The van der Waals surface area contributed by atoms with Crippen LogP contribution < -0.4 is 21.1 Å². The Hall–Kier alpha value is -2.39. The molecule has 0 aliphatic carbocycles. The van der Waals surface area contributed by atoms with Crippen LogP contribution in [-0.4, -0.2) is 50.4 Å². The van der Waals surface area contributed by atoms with Crippen LogP contribution in [0.3, 0.4) is 0 Å². The van der Waals surface area contributed by atoms with Gasteiger partial charge in [-0.25, -0.2) is 0 Å². The molecule has 0 spiro atoms. The minimum Gasteiger partial charge on any atom is -0.381 e. The third-order valence-corrected chi connectivity index (χ3v) is 9.11. The molecule has 2 aromatic carbocycles. The largest absolute Gasteiger partial charge is 0.381 e. The number of aromatic nitrogens is 1. The van der Waals surface area contributed by atoms with Crippen molar-refractivity contribution in [1.82, 2.24) is 10.3 Å². The number of nitrogens with one attached hydrogen (secondary N) is 3. The van der Waals surface area contributed by atoms with Crippen molar-refractivity contribution in [3.05, 3.63) is 58.9 Å². The van der Waals surface area contributed by atoms with E-state index in [1.54, 1.807) is 17.8 Å². The Bertz CT molecular complexity index is 1250. The summed E-state index contributed by atoms with van der Waals surface area (Å²) in [6.07, 6.45) is 2.43. The van der Waals surface area contributed by atoms with Gasteiger partial charge in [-0.2, -0.15) is 0 Å². The normalized spacial score (nSPS) is 19.9. The number of morpholine rings is 1. The number of pyridine rings is 1. The van der Waals surface area contributed by atoms with E-state index in [1.807, 2.05) is 11.8 Å². The molecule has 0 amide bonds. The van der Waals surface area contributed by atoms with E-state index in [0.717, 1.165) is 43.1 Å². The summed E-state index contributed by atoms with van der Waals surface area (Å²) in [7, 11) is 0. The lowest BCUT2D eigenvalue weighted by Crippen LogP contribution is -2.38. The highest BCUT2D eigenvalue weighted by atomic mass is 32.2. The van der Waals surface area contributed by atoms with Gasteiger partial charge in [0.15, 0.2) is 0 Å². The molecular formula is C26H28N4O2S2. The third-order valence-electron chi connectivity index (χ3n) is 6.52. The fourth-order valence-corrected chi connectivity index (χ4v) is 7.21. The van der Waals surface area contributed by atoms with Gasteiger partial charge in [0.1, 0.15) is 0 Å². The number of ether oxygens (including phenoxy) is 1. The lowest BCUT2D eigenvalue weighted by Gasteiger charge is -2.29. The number of hydrogen-bond acceptors (Lipinski definition) is 7. The molecule has 6 nitrogen and oxygen atoms in total. The Kier molecular flexibility index (Phi) is 6.30. The van der Waals surface area contributed by atoms with E-state index in [1.165, 1.54) is 38.1 Å². The molecule has 1 unspecified atom stereocenters. The average Bonchev–Trinajstić information content (AvgIpc) is 2.88. The van der Waals surface area contributed by atoms with Crippen molar-refractivity contribution < 1.29 is 4.74 Å². The first-order chi connectivity index (χ1) is 16.7. The second-order valence-electron chi connectivity index (χ2n) is 8.90. The van der Waals surface area contributed by atoms with Crippen LogP contribution in [0.15, 0.2) is 72.9 Å². The van der Waals surface area contributed by atoms with Crippen molar-refractivity contribution in [2.75, 3.05) is 49.6 Å². The number of H-pyrrole nitrogens is 1. The quantitative estimate of drug-likeness (QED) is 0.383. The van der Waals surface area contributed by atoms with Gasteiger partial charge >= 0.3 is 0 Å². The molecule has 176 valence electrons. The first-order valence-electron chi connectivity index (χ1n) is 11.9. The Morgan fingerprint density at radius 2 is 1.91 bits per heavy atom. The molecule has 34 heavy (non-hydrogen) atoms. The van der Waals surface area contributed by atoms with Crippen LogP contribution in [0.25, 0.3) is 11.3 Å². The maximum absolute atomic E-state index is 12.6. The van der Waals surface area contributed by atoms with E-state index in [0.29, 0.717) is 19.3 Å². The molecule has 0 radical (unpaired) electrons. The molecular weight excluding hydrogens is 464 g/mol. The molecule has 3 aliphatic heterocycles. The summed E-state index contributed by atoms with van der Waals surface area (Å²) < 4.78 is 5.48. The van der Waals surface area contributed by atoms with Crippen LogP contribution in [-0.2, 0) is 4.74 Å². The first-order valence-corrected chi connectivity index (χ1v) is 13.5. The average molecular weight is 493 g/mol. The zero-order valence-electron chi connectivity index (χ0n) is 18.9. The van der Waals surface area contributed by atoms with Gasteiger partial charge in [-0.1, -0.05) is 35.7 Å². The summed E-state index contributed by atoms with van der Waals surface area (Å²) in [5.41, 5.74) is 4.01. The molecule has 3 aliphatic rings. The molecule has 1 atom stereocenters. The molecule has 3 aromatic rings. The van der Waals surface area contributed by atoms with E-state index < -0.39 is 0 Å². The van der Waals surface area contributed by atoms with E-state index in [9.17, 15) is 4.79 Å². The number of aromatic amines is 1. The highest BCUT2D eigenvalue weighted by Gasteiger charge is 2.23. The van der Waals surface area contributed by atoms with Crippen LogP contribution in [0, 0.1) is 0 Å². The number of anilines is 2. The number of rotatable bonds is 4. The van der Waals surface area contributed by atoms with Crippen molar-refractivity contribution >= 4 is 34.9 Å². The lowest BCUT2D eigenvalue weighted by atomic mass is 10.1. The molecule has 3 N–H and O–H groups in total. The minimum atomic E-state index is -0.0709. The number of piperidine rings is 1. The van der Waals surface area contributed by atoms with Gasteiger partial charge in [0.2, 0.25) is 5.56 Å². The lowest BCUT2D eigenvalue weighted by molar-refractivity contribution is 0.122. The van der Waals surface area contributed by atoms with E-state index in [2.05, 4.69) is 63.0 Å². The van der Waals surface area contributed by atoms with E-state index >= 15 is 0 Å². The third kappa shape index (κ3) is 4.60. The molecule has 0 bridgehead atoms. The van der Waals surface area contributed by atoms with Crippen molar-refractivity contribution in [2.45, 2.75) is 38.5 Å². The number of hydrogen-bond donors (Lipinski definition) is 3. The van der Waals surface area contributed by atoms with Gasteiger partial charge < -0.3 is 25.3 Å². The standard InChI is InChI=1S/C26H28N4O2S2/c31-25-15-19(30-9-11-32-12-10-30)14-21(29-25)20-4-1-5-23-26(20)34-22-7-6-17(13-24(22)33-23)28-18-3-2-8-27-16-18/h1,4-7,13-15,18,27-28H,2-3,8-12,16H2,(H,29,31). The van der Waals surface area contributed by atoms with Gasteiger partial charge in [0, 0.05) is 68.3 Å². The molecule has 2 fully saturated rings. The van der Waals surface area contributed by atoms with Crippen LogP contribution in [0.2, 0.25) is 0 Å². The summed E-state index contributed by atoms with van der Waals surface area (Å²) in [6, 6.07) is 17.3. The zero-order chi connectivity index (χ0) is 22.9. The Labute approximate surface area is 207 Å². The van der Waals surface area contributed by atoms with Crippen LogP contribution >= 0.6 is 23.5 Å². The monoisotopic (exact) mass is 492 g/mol. The van der Waals surface area contributed by atoms with E-state index in [-0.39, 0.29) is 5.56 Å². The second kappa shape index (κ2) is 9.70. The van der Waals surface area contributed by atoms with Gasteiger partial charge in [-0.05, 0) is 49.7 Å². The van der Waals surface area contributed by atoms with Gasteiger partial charge in [0.25, 0.3) is 0 Å². The second-order valence-corrected chi connectivity index (χ2v) is 11.0. The Balaban J connectivity index is 1.29. The summed E-state index contributed by atoms with van der Waals surface area (Å²) in [5, 5.41) is 7.17. The Morgan fingerprint density at radius 1 is 1.00 bits per heavy atom. The van der Waals surface area contributed by atoms with Crippen LogP contribution in [0.1, 0.15) is 12.8 Å². The molecule has 2 saturated heterocycles. The maximum atomic E-state index is 12.6. The highest BCUT2D eigenvalue weighted by Crippen LogP contribution is 2.52. The summed E-state index contributed by atoms with van der Waals surface area (Å²) in [5.74, 6) is 0. The van der Waals surface area contributed by atoms with E-state index in [4.69, 9.17) is 4.74 Å². The number of nitrogens with zero attached hydrogens (tertiary/aromatic N) is 1. The van der Waals surface area contributed by atoms with Gasteiger partial charge in [-0.15, -0.1) is 0 Å².